The minimum Gasteiger partial charge on any atom is -0.486 e. The molecule has 0 aromatic heterocycles. The molecule has 5 heteroatoms. The van der Waals surface area contributed by atoms with Gasteiger partial charge in [-0.1, -0.05) is 53.0 Å². The summed E-state index contributed by atoms with van der Waals surface area (Å²) in [5.74, 6) is 0.389. The number of hydrogen-bond donors (Lipinski definition) is 1. The molecule has 2 aromatic rings. The molecule has 0 radical (unpaired) electrons. The monoisotopic (exact) mass is 316 g/mol. The van der Waals surface area contributed by atoms with Crippen molar-refractivity contribution in [1.29, 1.82) is 0 Å². The second-order valence-electron chi connectivity index (χ2n) is 3.93. The van der Waals surface area contributed by atoms with Crippen molar-refractivity contribution in [3.63, 3.8) is 0 Å². The first kappa shape index (κ1) is 14.5. The fourth-order valence-electron chi connectivity index (χ4n) is 1.61. The van der Waals surface area contributed by atoms with Gasteiger partial charge in [0.2, 0.25) is 0 Å². The minimum atomic E-state index is -0.121. The van der Waals surface area contributed by atoms with Gasteiger partial charge in [-0.15, -0.1) is 0 Å². The molecule has 0 aliphatic rings. The van der Waals surface area contributed by atoms with Gasteiger partial charge in [-0.25, -0.2) is 0 Å². The Balaban J connectivity index is 2.18. The Hall–Kier alpha value is -0.930. The highest BCUT2D eigenvalue weighted by atomic mass is 35.5. The zero-order valence-corrected chi connectivity index (χ0v) is 12.1. The summed E-state index contributed by atoms with van der Waals surface area (Å²) in [5.41, 5.74) is 1.49. The summed E-state index contributed by atoms with van der Waals surface area (Å²) in [6, 6.07) is 10.6. The Labute approximate surface area is 126 Å². The van der Waals surface area contributed by atoms with E-state index < -0.39 is 0 Å². The molecule has 100 valence electrons. The number of hydrogen-bond acceptors (Lipinski definition) is 2. The summed E-state index contributed by atoms with van der Waals surface area (Å²) in [4.78, 5) is 0. The molecule has 0 unspecified atom stereocenters. The number of rotatable bonds is 4. The van der Waals surface area contributed by atoms with Gasteiger partial charge in [0.15, 0.2) is 5.75 Å². The van der Waals surface area contributed by atoms with Crippen LogP contribution >= 0.6 is 34.8 Å². The predicted octanol–water partition coefficient (Wildman–Crippen LogP) is 4.72. The van der Waals surface area contributed by atoms with Gasteiger partial charge in [0.25, 0.3) is 0 Å². The summed E-state index contributed by atoms with van der Waals surface area (Å²) in [5, 5.41) is 10.4. The Bertz CT molecular complexity index is 562. The van der Waals surface area contributed by atoms with E-state index >= 15 is 0 Å². The highest BCUT2D eigenvalue weighted by Crippen LogP contribution is 2.35. The first-order valence-electron chi connectivity index (χ1n) is 5.57. The van der Waals surface area contributed by atoms with Crippen LogP contribution in [0.4, 0.5) is 0 Å². The zero-order chi connectivity index (χ0) is 13.8. The third kappa shape index (κ3) is 3.54. The molecule has 19 heavy (non-hydrogen) atoms. The van der Waals surface area contributed by atoms with E-state index in [1.165, 1.54) is 0 Å². The number of benzene rings is 2. The molecule has 0 saturated carbocycles. The molecule has 0 amide bonds. The summed E-state index contributed by atoms with van der Waals surface area (Å²) in [7, 11) is 0. The maximum atomic E-state index is 9.05. The lowest BCUT2D eigenvalue weighted by molar-refractivity contribution is 0.281. The van der Waals surface area contributed by atoms with Crippen molar-refractivity contribution in [2.75, 3.05) is 0 Å². The van der Waals surface area contributed by atoms with Crippen LogP contribution in [-0.4, -0.2) is 5.11 Å². The van der Waals surface area contributed by atoms with Crippen molar-refractivity contribution in [2.45, 2.75) is 13.2 Å². The van der Waals surface area contributed by atoms with Gasteiger partial charge in [-0.2, -0.15) is 0 Å². The number of aliphatic hydroxyl groups excluding tert-OH is 1. The Morgan fingerprint density at radius 1 is 0.947 bits per heavy atom. The molecule has 2 aromatic carbocycles. The van der Waals surface area contributed by atoms with Gasteiger partial charge >= 0.3 is 0 Å². The quantitative estimate of drug-likeness (QED) is 0.884. The summed E-state index contributed by atoms with van der Waals surface area (Å²) < 4.78 is 5.60. The predicted molar refractivity (Wildman–Crippen MR) is 78.2 cm³/mol. The van der Waals surface area contributed by atoms with E-state index in [9.17, 15) is 0 Å². The maximum absolute atomic E-state index is 9.05. The molecular weight excluding hydrogens is 307 g/mol. The van der Waals surface area contributed by atoms with E-state index in [1.807, 2.05) is 18.2 Å². The van der Waals surface area contributed by atoms with Crippen LogP contribution in [0, 0.1) is 0 Å². The summed E-state index contributed by atoms with van der Waals surface area (Å²) in [6.45, 7) is 0.155. The van der Waals surface area contributed by atoms with Crippen LogP contribution in [0.15, 0.2) is 36.4 Å². The molecule has 0 saturated heterocycles. The third-order valence-electron chi connectivity index (χ3n) is 2.57. The Morgan fingerprint density at radius 2 is 1.58 bits per heavy atom. The van der Waals surface area contributed by atoms with Crippen molar-refractivity contribution in [3.8, 4) is 5.75 Å². The minimum absolute atomic E-state index is 0.121. The van der Waals surface area contributed by atoms with Crippen LogP contribution in [0.2, 0.25) is 15.1 Å². The molecule has 0 atom stereocenters. The standard InChI is InChI=1S/C14H11Cl3O2/c15-11-4-2-1-3-10(11)8-19-14-12(16)5-9(7-18)6-13(14)17/h1-6,18H,7-8H2. The summed E-state index contributed by atoms with van der Waals surface area (Å²) in [6.07, 6.45) is 0. The molecule has 2 rings (SSSR count). The maximum Gasteiger partial charge on any atom is 0.156 e. The van der Waals surface area contributed by atoms with Crippen LogP contribution in [-0.2, 0) is 13.2 Å². The van der Waals surface area contributed by atoms with E-state index in [2.05, 4.69) is 0 Å². The van der Waals surface area contributed by atoms with E-state index in [0.717, 1.165) is 5.56 Å². The number of ether oxygens (including phenoxy) is 1. The smallest absolute Gasteiger partial charge is 0.156 e. The lowest BCUT2D eigenvalue weighted by Gasteiger charge is -2.12. The molecule has 0 bridgehead atoms. The van der Waals surface area contributed by atoms with Gasteiger partial charge in [-0.3, -0.25) is 0 Å². The Morgan fingerprint density at radius 3 is 2.16 bits per heavy atom. The zero-order valence-electron chi connectivity index (χ0n) is 9.87. The lowest BCUT2D eigenvalue weighted by atomic mass is 10.2. The van der Waals surface area contributed by atoms with Crippen molar-refractivity contribution in [3.05, 3.63) is 62.6 Å². The van der Waals surface area contributed by atoms with E-state index in [-0.39, 0.29) is 13.2 Å². The molecule has 0 aliphatic heterocycles. The van der Waals surface area contributed by atoms with E-state index in [1.54, 1.807) is 18.2 Å². The first-order valence-corrected chi connectivity index (χ1v) is 6.70. The molecule has 0 fully saturated rings. The molecule has 0 heterocycles. The molecule has 2 nitrogen and oxygen atoms in total. The SMILES string of the molecule is OCc1cc(Cl)c(OCc2ccccc2Cl)c(Cl)c1. The van der Waals surface area contributed by atoms with Crippen LogP contribution in [0.3, 0.4) is 0 Å². The van der Waals surface area contributed by atoms with Crippen molar-refractivity contribution in [1.82, 2.24) is 0 Å². The number of aliphatic hydroxyl groups is 1. The van der Waals surface area contributed by atoms with Crippen molar-refractivity contribution < 1.29 is 9.84 Å². The van der Waals surface area contributed by atoms with Crippen molar-refractivity contribution in [2.24, 2.45) is 0 Å². The average molecular weight is 318 g/mol. The summed E-state index contributed by atoms with van der Waals surface area (Å²) >= 11 is 18.2. The van der Waals surface area contributed by atoms with E-state index in [4.69, 9.17) is 44.6 Å². The highest BCUT2D eigenvalue weighted by molar-refractivity contribution is 6.37. The second kappa shape index (κ2) is 6.49. The van der Waals surface area contributed by atoms with Gasteiger partial charge < -0.3 is 9.84 Å². The average Bonchev–Trinajstić information content (AvgIpc) is 2.39. The number of halogens is 3. The Kier molecular flexibility index (Phi) is 4.94. The van der Waals surface area contributed by atoms with Crippen LogP contribution in [0.5, 0.6) is 5.75 Å². The fraction of sp³-hybridized carbons (Fsp3) is 0.143. The normalized spacial score (nSPS) is 10.5. The van der Waals surface area contributed by atoms with Gasteiger partial charge in [-0.05, 0) is 23.8 Å². The molecule has 0 spiro atoms. The highest BCUT2D eigenvalue weighted by Gasteiger charge is 2.10. The molecule has 0 aliphatic carbocycles. The fourth-order valence-corrected chi connectivity index (χ4v) is 2.44. The molecule has 1 N–H and O–H groups in total. The first-order chi connectivity index (χ1) is 9.11. The lowest BCUT2D eigenvalue weighted by Crippen LogP contribution is -1.98. The third-order valence-corrected chi connectivity index (χ3v) is 3.50. The largest absolute Gasteiger partial charge is 0.486 e. The molecular formula is C14H11Cl3O2. The van der Waals surface area contributed by atoms with Crippen molar-refractivity contribution >= 4 is 34.8 Å². The van der Waals surface area contributed by atoms with Gasteiger partial charge in [0.05, 0.1) is 16.7 Å². The second-order valence-corrected chi connectivity index (χ2v) is 5.15. The van der Waals surface area contributed by atoms with Gasteiger partial charge in [0, 0.05) is 10.6 Å². The van der Waals surface area contributed by atoms with Crippen LogP contribution in [0.1, 0.15) is 11.1 Å². The van der Waals surface area contributed by atoms with E-state index in [0.29, 0.717) is 26.4 Å². The van der Waals surface area contributed by atoms with Crippen LogP contribution in [0.25, 0.3) is 0 Å². The van der Waals surface area contributed by atoms with Crippen LogP contribution < -0.4 is 4.74 Å². The van der Waals surface area contributed by atoms with Gasteiger partial charge in [0.1, 0.15) is 6.61 Å². The topological polar surface area (TPSA) is 29.5 Å².